The second kappa shape index (κ2) is 80.3. The van der Waals surface area contributed by atoms with Gasteiger partial charge in [0.05, 0.1) is 26.4 Å². The normalized spacial score (nSPS) is 14.0. The maximum atomic E-state index is 13.2. The van der Waals surface area contributed by atoms with Gasteiger partial charge < -0.3 is 33.8 Å². The van der Waals surface area contributed by atoms with Crippen molar-refractivity contribution in [1.82, 2.24) is 0 Å². The second-order valence-electron chi connectivity index (χ2n) is 32.7. The van der Waals surface area contributed by atoms with Crippen molar-refractivity contribution in [3.63, 3.8) is 0 Å². The summed E-state index contributed by atoms with van der Waals surface area (Å²) in [5, 5.41) is 10.7. The number of hydrogen-bond donors (Lipinski definition) is 3. The summed E-state index contributed by atoms with van der Waals surface area (Å²) in [5.41, 5.74) is 0. The lowest BCUT2D eigenvalue weighted by atomic mass is 10.00. The van der Waals surface area contributed by atoms with Gasteiger partial charge in [0.1, 0.15) is 19.3 Å². The fourth-order valence-electron chi connectivity index (χ4n) is 13.9. The van der Waals surface area contributed by atoms with Gasteiger partial charge in [0.2, 0.25) is 0 Å². The monoisotopic (exact) mass is 1580 g/mol. The minimum absolute atomic E-state index is 0.107. The molecule has 0 saturated heterocycles. The molecule has 3 unspecified atom stereocenters. The Hall–Kier alpha value is -1.94. The molecule has 0 aromatic carbocycles. The lowest BCUT2D eigenvalue weighted by Gasteiger charge is -2.21. The fraction of sp³-hybridized carbons (Fsp3) is 0.955. The molecular weight excluding hydrogens is 1400 g/mol. The van der Waals surface area contributed by atoms with Crippen LogP contribution < -0.4 is 0 Å². The molecule has 0 saturated carbocycles. The molecule has 0 amide bonds. The van der Waals surface area contributed by atoms with Crippen LogP contribution in [0, 0.1) is 11.8 Å². The molecule has 3 N–H and O–H groups in total. The molecule has 6 atom stereocenters. The van der Waals surface area contributed by atoms with Gasteiger partial charge in [-0.3, -0.25) is 37.3 Å². The van der Waals surface area contributed by atoms with Crippen LogP contribution in [0.1, 0.15) is 478 Å². The Kier molecular flexibility index (Phi) is 78.8. The van der Waals surface area contributed by atoms with E-state index in [1.807, 2.05) is 0 Å². The quantitative estimate of drug-likeness (QED) is 0.0222. The number of aliphatic hydroxyl groups is 1. The van der Waals surface area contributed by atoms with Crippen LogP contribution >= 0.6 is 15.6 Å². The first-order chi connectivity index (χ1) is 52.4. The first-order valence-electron chi connectivity index (χ1n) is 46.0. The molecule has 0 heterocycles. The molecule has 0 aliphatic carbocycles. The molecule has 19 heteroatoms. The SMILES string of the molecule is CCCCCCCCCCCCCCCCCCCCCCCCC(=O)O[C@H](COC(=O)CCCCCCCCCCCCCCCCCCCCC)COP(=O)(O)OC[C@@H](O)COP(=O)(O)OC[C@@H](COC(=O)CCCCCCCCC(C)CC)OC(=O)CCCCCCCCCCCCCCCCC(C)C. The van der Waals surface area contributed by atoms with Gasteiger partial charge in [-0.1, -0.05) is 427 Å². The largest absolute Gasteiger partial charge is 0.472 e. The van der Waals surface area contributed by atoms with Crippen LogP contribution in [0.4, 0.5) is 0 Å². The Bertz CT molecular complexity index is 2070. The molecule has 0 rings (SSSR count). The van der Waals surface area contributed by atoms with Crippen LogP contribution in [0.15, 0.2) is 0 Å². The molecule has 17 nitrogen and oxygen atoms in total. The van der Waals surface area contributed by atoms with Crippen molar-refractivity contribution in [1.29, 1.82) is 0 Å². The number of hydrogen-bond acceptors (Lipinski definition) is 15. The van der Waals surface area contributed by atoms with E-state index in [4.69, 9.17) is 37.0 Å². The third-order valence-electron chi connectivity index (χ3n) is 21.3. The van der Waals surface area contributed by atoms with Crippen molar-refractivity contribution in [3.8, 4) is 0 Å². The van der Waals surface area contributed by atoms with Crippen LogP contribution in [-0.2, 0) is 65.4 Å². The number of unbranched alkanes of at least 4 members (excludes halogenated alkanes) is 57. The predicted octanol–water partition coefficient (Wildman–Crippen LogP) is 27.4. The van der Waals surface area contributed by atoms with E-state index >= 15 is 0 Å². The molecule has 0 aromatic rings. The van der Waals surface area contributed by atoms with Gasteiger partial charge in [0, 0.05) is 25.7 Å². The summed E-state index contributed by atoms with van der Waals surface area (Å²) in [5.74, 6) is -0.575. The molecule has 0 bridgehead atoms. The summed E-state index contributed by atoms with van der Waals surface area (Å²) < 4.78 is 69.0. The van der Waals surface area contributed by atoms with Crippen molar-refractivity contribution >= 4 is 39.5 Å². The first kappa shape index (κ1) is 106. The number of carbonyl (C=O) groups excluding carboxylic acids is 4. The summed E-state index contributed by atoms with van der Waals surface area (Å²) in [6.07, 6.45) is 73.8. The van der Waals surface area contributed by atoms with Crippen molar-refractivity contribution in [2.45, 2.75) is 496 Å². The summed E-state index contributed by atoms with van der Waals surface area (Å²) in [6.45, 7) is 9.67. The number of phosphoric acid groups is 2. The molecule has 0 fully saturated rings. The van der Waals surface area contributed by atoms with E-state index in [2.05, 4.69) is 41.5 Å². The summed E-state index contributed by atoms with van der Waals surface area (Å²) in [4.78, 5) is 73.3. The van der Waals surface area contributed by atoms with E-state index in [1.54, 1.807) is 0 Å². The average Bonchev–Trinajstić information content (AvgIpc) is 0.900. The Morgan fingerprint density at radius 2 is 0.472 bits per heavy atom. The Balaban J connectivity index is 5.22. The van der Waals surface area contributed by atoms with Gasteiger partial charge in [0.25, 0.3) is 0 Å². The van der Waals surface area contributed by atoms with Crippen molar-refractivity contribution in [2.75, 3.05) is 39.6 Å². The standard InChI is InChI=1S/C89H174O17P2/c1-7-10-12-14-16-18-20-22-24-26-28-29-30-32-34-36-41-45-49-53-61-67-73-88(93)105-84(77-99-86(91)71-65-59-52-48-44-40-35-33-31-27-25-23-21-19-17-15-13-11-8-2)79-103-107(95,96)101-75-83(90)76-102-108(97,98)104-80-85(78-100-87(92)72-66-60-56-55-58-64-70-82(6)9-3)106-89(94)74-68-62-54-50-46-42-38-37-39-43-47-51-57-63-69-81(4)5/h81-85,90H,7-80H2,1-6H3,(H,95,96)(H,97,98)/t82?,83-,84-,85-/m1/s1. The predicted molar refractivity (Wildman–Crippen MR) is 446 cm³/mol. The highest BCUT2D eigenvalue weighted by atomic mass is 31.2. The van der Waals surface area contributed by atoms with Gasteiger partial charge in [-0.25, -0.2) is 9.13 Å². The van der Waals surface area contributed by atoms with Crippen LogP contribution in [0.2, 0.25) is 0 Å². The number of ether oxygens (including phenoxy) is 4. The summed E-state index contributed by atoms with van der Waals surface area (Å²) >= 11 is 0. The van der Waals surface area contributed by atoms with Gasteiger partial charge in [-0.05, 0) is 37.5 Å². The highest BCUT2D eigenvalue weighted by Crippen LogP contribution is 2.45. The number of esters is 4. The van der Waals surface area contributed by atoms with E-state index < -0.39 is 97.5 Å². The highest BCUT2D eigenvalue weighted by molar-refractivity contribution is 7.47. The molecule has 0 aliphatic rings. The summed E-state index contributed by atoms with van der Waals surface area (Å²) in [6, 6.07) is 0. The minimum Gasteiger partial charge on any atom is -0.462 e. The molecular formula is C89H174O17P2. The van der Waals surface area contributed by atoms with Crippen LogP contribution in [0.5, 0.6) is 0 Å². The number of carbonyl (C=O) groups is 4. The van der Waals surface area contributed by atoms with Crippen LogP contribution in [-0.4, -0.2) is 96.7 Å². The number of phosphoric ester groups is 2. The van der Waals surface area contributed by atoms with E-state index in [9.17, 15) is 43.2 Å². The van der Waals surface area contributed by atoms with E-state index in [-0.39, 0.29) is 25.7 Å². The van der Waals surface area contributed by atoms with E-state index in [1.165, 1.54) is 289 Å². The second-order valence-corrected chi connectivity index (χ2v) is 35.6. The van der Waals surface area contributed by atoms with Crippen LogP contribution in [0.25, 0.3) is 0 Å². The van der Waals surface area contributed by atoms with Gasteiger partial charge >= 0.3 is 39.5 Å². The summed E-state index contributed by atoms with van der Waals surface area (Å²) in [7, 11) is -9.93. The zero-order valence-corrected chi connectivity index (χ0v) is 73.0. The van der Waals surface area contributed by atoms with Gasteiger partial charge in [0.15, 0.2) is 12.2 Å². The molecule has 0 spiro atoms. The molecule has 0 aliphatic heterocycles. The maximum Gasteiger partial charge on any atom is 0.472 e. The topological polar surface area (TPSA) is 237 Å². The average molecular weight is 1580 g/mol. The first-order valence-corrected chi connectivity index (χ1v) is 49.0. The molecule has 108 heavy (non-hydrogen) atoms. The third kappa shape index (κ3) is 80.7. The smallest absolute Gasteiger partial charge is 0.462 e. The zero-order chi connectivity index (χ0) is 79.2. The fourth-order valence-corrected chi connectivity index (χ4v) is 15.5. The van der Waals surface area contributed by atoms with Crippen LogP contribution in [0.3, 0.4) is 0 Å². The third-order valence-corrected chi connectivity index (χ3v) is 23.2. The van der Waals surface area contributed by atoms with Gasteiger partial charge in [-0.2, -0.15) is 0 Å². The Morgan fingerprint density at radius 1 is 0.269 bits per heavy atom. The Morgan fingerprint density at radius 3 is 0.704 bits per heavy atom. The molecule has 0 radical (unpaired) electrons. The highest BCUT2D eigenvalue weighted by Gasteiger charge is 2.31. The lowest BCUT2D eigenvalue weighted by molar-refractivity contribution is -0.161. The minimum atomic E-state index is -4.97. The van der Waals surface area contributed by atoms with Crippen molar-refractivity contribution < 1.29 is 80.2 Å². The van der Waals surface area contributed by atoms with E-state index in [0.29, 0.717) is 25.7 Å². The van der Waals surface area contributed by atoms with E-state index in [0.717, 1.165) is 108 Å². The number of aliphatic hydroxyl groups excluding tert-OH is 1. The number of rotatable bonds is 88. The zero-order valence-electron chi connectivity index (χ0n) is 71.2. The lowest BCUT2D eigenvalue weighted by Crippen LogP contribution is -2.30. The maximum absolute atomic E-state index is 13.2. The van der Waals surface area contributed by atoms with Crippen molar-refractivity contribution in [3.05, 3.63) is 0 Å². The molecule has 0 aromatic heterocycles. The van der Waals surface area contributed by atoms with Gasteiger partial charge in [-0.15, -0.1) is 0 Å². The van der Waals surface area contributed by atoms with Crippen molar-refractivity contribution in [2.24, 2.45) is 11.8 Å². The Labute approximate surface area is 664 Å². The molecule has 642 valence electrons.